The van der Waals surface area contributed by atoms with Gasteiger partial charge in [-0.05, 0) is 18.6 Å². The molecule has 0 bridgehead atoms. The maximum Gasteiger partial charge on any atom is 0.275 e. The van der Waals surface area contributed by atoms with E-state index < -0.39 is 5.91 Å². The number of carbonyl (C=O) groups excluding carboxylic acids is 2. The molecule has 0 saturated carbocycles. The third-order valence-corrected chi connectivity index (χ3v) is 4.44. The van der Waals surface area contributed by atoms with Gasteiger partial charge >= 0.3 is 0 Å². The summed E-state index contributed by atoms with van der Waals surface area (Å²) in [5.41, 5.74) is 0.690. The molecule has 0 aliphatic heterocycles. The van der Waals surface area contributed by atoms with Crippen molar-refractivity contribution in [2.24, 2.45) is 0 Å². The fourth-order valence-electron chi connectivity index (χ4n) is 2.90. The van der Waals surface area contributed by atoms with Crippen molar-refractivity contribution in [3.05, 3.63) is 76.7 Å². The molecule has 7 nitrogen and oxygen atoms in total. The lowest BCUT2D eigenvalue weighted by Crippen LogP contribution is -2.41. The van der Waals surface area contributed by atoms with E-state index in [0.717, 1.165) is 15.6 Å². The first kappa shape index (κ1) is 19.3. The van der Waals surface area contributed by atoms with Crippen LogP contribution in [-0.4, -0.2) is 39.6 Å². The third kappa shape index (κ3) is 4.62. The smallest absolute Gasteiger partial charge is 0.275 e. The highest BCUT2D eigenvalue weighted by Gasteiger charge is 2.14. The minimum absolute atomic E-state index is 0.123. The zero-order valence-electron chi connectivity index (χ0n) is 15.7. The van der Waals surface area contributed by atoms with Crippen LogP contribution in [0.15, 0.2) is 65.6 Å². The highest BCUT2D eigenvalue weighted by atomic mass is 16.2. The summed E-state index contributed by atoms with van der Waals surface area (Å²) in [6, 6.07) is 16.7. The second kappa shape index (κ2) is 8.94. The molecule has 3 aromatic rings. The average molecular weight is 378 g/mol. The molecule has 0 radical (unpaired) electrons. The summed E-state index contributed by atoms with van der Waals surface area (Å²) < 4.78 is 1.10. The highest BCUT2D eigenvalue weighted by molar-refractivity contribution is 5.85. The van der Waals surface area contributed by atoms with Gasteiger partial charge in [-0.3, -0.25) is 14.4 Å². The van der Waals surface area contributed by atoms with E-state index in [9.17, 15) is 14.4 Å². The Labute approximate surface area is 162 Å². The van der Waals surface area contributed by atoms with Crippen molar-refractivity contribution in [1.82, 2.24) is 20.0 Å². The number of benzene rings is 2. The normalized spacial score (nSPS) is 10.6. The number of hydrogen-bond donors (Lipinski definition) is 1. The molecule has 1 heterocycles. The van der Waals surface area contributed by atoms with Gasteiger partial charge in [-0.1, -0.05) is 48.5 Å². The Kier molecular flexibility index (Phi) is 6.16. The largest absolute Gasteiger partial charge is 0.345 e. The molecule has 0 fully saturated rings. The van der Waals surface area contributed by atoms with Crippen molar-refractivity contribution in [2.75, 3.05) is 13.1 Å². The van der Waals surface area contributed by atoms with Crippen LogP contribution in [-0.2, 0) is 22.7 Å². The molecule has 7 heteroatoms. The van der Waals surface area contributed by atoms with E-state index in [-0.39, 0.29) is 24.6 Å². The van der Waals surface area contributed by atoms with Gasteiger partial charge in [-0.2, -0.15) is 5.10 Å². The fourth-order valence-corrected chi connectivity index (χ4v) is 2.90. The second-order valence-corrected chi connectivity index (χ2v) is 6.36. The van der Waals surface area contributed by atoms with Crippen LogP contribution in [0.2, 0.25) is 0 Å². The molecule has 0 aliphatic rings. The van der Waals surface area contributed by atoms with Gasteiger partial charge in [0, 0.05) is 18.5 Å². The predicted octanol–water partition coefficient (Wildman–Crippen LogP) is 1.56. The second-order valence-electron chi connectivity index (χ2n) is 6.36. The van der Waals surface area contributed by atoms with Gasteiger partial charge in [0.05, 0.1) is 18.1 Å². The van der Waals surface area contributed by atoms with Gasteiger partial charge in [0.25, 0.3) is 5.56 Å². The molecular formula is C21H22N4O3. The summed E-state index contributed by atoms with van der Waals surface area (Å²) in [5.74, 6) is -0.618. The summed E-state index contributed by atoms with van der Waals surface area (Å²) in [6.45, 7) is 2.55. The molecule has 0 aliphatic carbocycles. The minimum atomic E-state index is -0.436. The van der Waals surface area contributed by atoms with Gasteiger partial charge in [0.15, 0.2) is 0 Å². The molecular weight excluding hydrogens is 356 g/mol. The van der Waals surface area contributed by atoms with Crippen molar-refractivity contribution < 1.29 is 9.59 Å². The van der Waals surface area contributed by atoms with E-state index in [1.165, 1.54) is 0 Å². The lowest BCUT2D eigenvalue weighted by molar-refractivity contribution is -0.133. The molecule has 144 valence electrons. The van der Waals surface area contributed by atoms with E-state index >= 15 is 0 Å². The number of nitrogens with zero attached hydrogens (tertiary/aromatic N) is 3. The van der Waals surface area contributed by atoms with E-state index in [2.05, 4.69) is 10.4 Å². The number of carbonyl (C=O) groups is 2. The number of fused-ring (bicyclic) bond motifs is 1. The zero-order valence-corrected chi connectivity index (χ0v) is 15.7. The SMILES string of the molecule is CCN(Cc1ccccc1)C(=O)CNC(=O)Cn1ncc2ccccc2c1=O. The van der Waals surface area contributed by atoms with Gasteiger partial charge in [-0.15, -0.1) is 0 Å². The molecule has 2 aromatic carbocycles. The van der Waals surface area contributed by atoms with Crippen molar-refractivity contribution in [3.63, 3.8) is 0 Å². The lowest BCUT2D eigenvalue weighted by atomic mass is 10.2. The molecule has 1 N–H and O–H groups in total. The summed E-state index contributed by atoms with van der Waals surface area (Å²) >= 11 is 0. The lowest BCUT2D eigenvalue weighted by Gasteiger charge is -2.21. The maximum absolute atomic E-state index is 12.4. The number of aromatic nitrogens is 2. The van der Waals surface area contributed by atoms with Crippen LogP contribution in [0.25, 0.3) is 10.8 Å². The Bertz CT molecular complexity index is 1030. The van der Waals surface area contributed by atoms with Crippen molar-refractivity contribution >= 4 is 22.6 Å². The highest BCUT2D eigenvalue weighted by Crippen LogP contribution is 2.06. The maximum atomic E-state index is 12.4. The molecule has 0 atom stereocenters. The molecule has 1 aromatic heterocycles. The Morgan fingerprint density at radius 3 is 2.54 bits per heavy atom. The first-order valence-corrected chi connectivity index (χ1v) is 9.11. The van der Waals surface area contributed by atoms with Crippen molar-refractivity contribution in [3.8, 4) is 0 Å². The van der Waals surface area contributed by atoms with E-state index in [4.69, 9.17) is 0 Å². The number of hydrogen-bond acceptors (Lipinski definition) is 4. The molecule has 28 heavy (non-hydrogen) atoms. The number of likely N-dealkylation sites (N-methyl/N-ethyl adjacent to an activating group) is 1. The standard InChI is InChI=1S/C21H22N4O3/c1-2-24(14-16-8-4-3-5-9-16)20(27)13-22-19(26)15-25-21(28)18-11-7-6-10-17(18)12-23-25/h3-12H,2,13-15H2,1H3,(H,22,26). The Morgan fingerprint density at radius 1 is 1.07 bits per heavy atom. The summed E-state index contributed by atoms with van der Waals surface area (Å²) in [7, 11) is 0. The first-order valence-electron chi connectivity index (χ1n) is 9.11. The third-order valence-electron chi connectivity index (χ3n) is 4.44. The topological polar surface area (TPSA) is 84.3 Å². The predicted molar refractivity (Wildman–Crippen MR) is 107 cm³/mol. The quantitative estimate of drug-likeness (QED) is 0.676. The number of nitrogens with one attached hydrogen (secondary N) is 1. The Hall–Kier alpha value is -3.48. The van der Waals surface area contributed by atoms with Crippen molar-refractivity contribution in [2.45, 2.75) is 20.0 Å². The van der Waals surface area contributed by atoms with Gasteiger partial charge < -0.3 is 10.2 Å². The van der Waals surface area contributed by atoms with E-state index in [1.807, 2.05) is 43.3 Å². The molecule has 2 amide bonds. The van der Waals surface area contributed by atoms with Crippen LogP contribution in [0.4, 0.5) is 0 Å². The van der Waals surface area contributed by atoms with Crippen LogP contribution in [0.3, 0.4) is 0 Å². The van der Waals surface area contributed by atoms with Crippen LogP contribution < -0.4 is 10.9 Å². The number of rotatable bonds is 7. The minimum Gasteiger partial charge on any atom is -0.345 e. The molecule has 0 saturated heterocycles. The first-order chi connectivity index (χ1) is 13.6. The molecule has 0 spiro atoms. The van der Waals surface area contributed by atoms with Crippen molar-refractivity contribution in [1.29, 1.82) is 0 Å². The zero-order chi connectivity index (χ0) is 19.9. The Balaban J connectivity index is 1.58. The summed E-state index contributed by atoms with van der Waals surface area (Å²) in [4.78, 5) is 38.7. The van der Waals surface area contributed by atoms with Crippen LogP contribution in [0.5, 0.6) is 0 Å². The van der Waals surface area contributed by atoms with Crippen LogP contribution in [0, 0.1) is 0 Å². The molecule has 0 unspecified atom stereocenters. The average Bonchev–Trinajstić information content (AvgIpc) is 2.73. The summed E-state index contributed by atoms with van der Waals surface area (Å²) in [6.07, 6.45) is 1.55. The van der Waals surface area contributed by atoms with Crippen LogP contribution >= 0.6 is 0 Å². The molecule has 3 rings (SSSR count). The number of amides is 2. The van der Waals surface area contributed by atoms with Gasteiger partial charge in [-0.25, -0.2) is 4.68 Å². The monoisotopic (exact) mass is 378 g/mol. The van der Waals surface area contributed by atoms with Crippen LogP contribution in [0.1, 0.15) is 12.5 Å². The Morgan fingerprint density at radius 2 is 1.79 bits per heavy atom. The summed E-state index contributed by atoms with van der Waals surface area (Å²) in [5, 5.41) is 7.83. The van der Waals surface area contributed by atoms with E-state index in [0.29, 0.717) is 18.5 Å². The van der Waals surface area contributed by atoms with Gasteiger partial charge in [0.2, 0.25) is 11.8 Å². The fraction of sp³-hybridized carbons (Fsp3) is 0.238. The van der Waals surface area contributed by atoms with Gasteiger partial charge in [0.1, 0.15) is 6.54 Å². The van der Waals surface area contributed by atoms with E-state index in [1.54, 1.807) is 29.3 Å².